The number of hydrogen-bond acceptors (Lipinski definition) is 5. The average Bonchev–Trinajstić information content (AvgIpc) is 2.95. The first-order valence-corrected chi connectivity index (χ1v) is 7.04. The van der Waals surface area contributed by atoms with Crippen molar-refractivity contribution in [1.82, 2.24) is 24.5 Å². The van der Waals surface area contributed by atoms with Gasteiger partial charge in [0.25, 0.3) is 0 Å². The topological polar surface area (TPSA) is 56.5 Å². The van der Waals surface area contributed by atoms with Gasteiger partial charge >= 0.3 is 0 Å². The van der Waals surface area contributed by atoms with Crippen molar-refractivity contribution < 1.29 is 0 Å². The minimum atomic E-state index is 0.165. The molecule has 0 aliphatic rings. The van der Waals surface area contributed by atoms with Crippen LogP contribution in [-0.2, 0) is 0 Å². The summed E-state index contributed by atoms with van der Waals surface area (Å²) in [6.07, 6.45) is 5.03. The highest BCUT2D eigenvalue weighted by atomic mass is 35.5. The van der Waals surface area contributed by atoms with E-state index in [0.29, 0.717) is 11.1 Å². The summed E-state index contributed by atoms with van der Waals surface area (Å²) >= 11 is 7.39. The van der Waals surface area contributed by atoms with Gasteiger partial charge in [-0.25, -0.2) is 4.98 Å². The molecule has 0 unspecified atom stereocenters. The van der Waals surface area contributed by atoms with Crippen LogP contribution in [0.25, 0.3) is 5.95 Å². The van der Waals surface area contributed by atoms with Crippen LogP contribution in [-0.4, -0.2) is 24.5 Å². The summed E-state index contributed by atoms with van der Waals surface area (Å²) < 4.78 is 1.69. The number of aromatic nitrogens is 5. The molecule has 0 fully saturated rings. The Kier molecular flexibility index (Phi) is 3.66. The zero-order valence-corrected chi connectivity index (χ0v) is 12.1. The van der Waals surface area contributed by atoms with Crippen LogP contribution in [0.2, 0.25) is 5.28 Å². The highest BCUT2D eigenvalue weighted by Crippen LogP contribution is 2.25. The van der Waals surface area contributed by atoms with E-state index in [9.17, 15) is 0 Å². The van der Waals surface area contributed by atoms with Crippen LogP contribution in [0.5, 0.6) is 0 Å². The molecule has 0 aliphatic carbocycles. The molecule has 0 bridgehead atoms. The molecule has 0 atom stereocenters. The van der Waals surface area contributed by atoms with Gasteiger partial charge in [-0.1, -0.05) is 17.7 Å². The van der Waals surface area contributed by atoms with E-state index in [1.54, 1.807) is 23.3 Å². The predicted molar refractivity (Wildman–Crippen MR) is 77.3 cm³/mol. The van der Waals surface area contributed by atoms with E-state index in [1.807, 2.05) is 31.2 Å². The summed E-state index contributed by atoms with van der Waals surface area (Å²) in [5, 5.41) is 0.718. The van der Waals surface area contributed by atoms with E-state index < -0.39 is 0 Å². The molecule has 100 valence electrons. The van der Waals surface area contributed by atoms with Crippen molar-refractivity contribution in [3.8, 4) is 5.95 Å². The van der Waals surface area contributed by atoms with Crippen LogP contribution >= 0.6 is 23.4 Å². The fourth-order valence-corrected chi connectivity index (χ4v) is 2.52. The van der Waals surface area contributed by atoms with Gasteiger partial charge in [-0.2, -0.15) is 15.0 Å². The molecule has 3 aromatic rings. The Hall–Kier alpha value is -1.92. The van der Waals surface area contributed by atoms with Gasteiger partial charge in [0, 0.05) is 17.3 Å². The lowest BCUT2D eigenvalue weighted by Crippen LogP contribution is -2.02. The number of halogens is 1. The normalized spacial score (nSPS) is 10.7. The fourth-order valence-electron chi connectivity index (χ4n) is 1.57. The van der Waals surface area contributed by atoms with Gasteiger partial charge in [0.2, 0.25) is 11.2 Å². The largest absolute Gasteiger partial charge is 0.274 e. The first kappa shape index (κ1) is 13.1. The first-order valence-electron chi connectivity index (χ1n) is 5.85. The van der Waals surface area contributed by atoms with Crippen LogP contribution in [0.3, 0.4) is 0 Å². The van der Waals surface area contributed by atoms with Crippen molar-refractivity contribution in [2.24, 2.45) is 0 Å². The fraction of sp³-hybridized carbons (Fsp3) is 0.0769. The van der Waals surface area contributed by atoms with Crippen molar-refractivity contribution in [3.05, 3.63) is 53.8 Å². The summed E-state index contributed by atoms with van der Waals surface area (Å²) in [6.45, 7) is 2.05. The second kappa shape index (κ2) is 5.60. The molecule has 1 aromatic carbocycles. The zero-order chi connectivity index (χ0) is 13.9. The lowest BCUT2D eigenvalue weighted by Gasteiger charge is -2.04. The van der Waals surface area contributed by atoms with Crippen molar-refractivity contribution in [1.29, 1.82) is 0 Å². The number of benzene rings is 1. The summed E-state index contributed by atoms with van der Waals surface area (Å²) in [5.41, 5.74) is 1.21. The molecule has 0 aliphatic heterocycles. The molecule has 0 N–H and O–H groups in total. The van der Waals surface area contributed by atoms with Gasteiger partial charge in [-0.05, 0) is 42.4 Å². The third kappa shape index (κ3) is 2.97. The van der Waals surface area contributed by atoms with Gasteiger partial charge in [-0.3, -0.25) is 4.57 Å². The summed E-state index contributed by atoms with van der Waals surface area (Å²) in [6, 6.07) is 8.13. The van der Waals surface area contributed by atoms with Crippen LogP contribution in [0, 0.1) is 6.92 Å². The van der Waals surface area contributed by atoms with Crippen LogP contribution in [0.1, 0.15) is 5.56 Å². The molecule has 2 aromatic heterocycles. The molecule has 0 saturated heterocycles. The Bertz CT molecular complexity index is 712. The van der Waals surface area contributed by atoms with Crippen molar-refractivity contribution in [2.45, 2.75) is 17.0 Å². The molecule has 20 heavy (non-hydrogen) atoms. The second-order valence-corrected chi connectivity index (χ2v) is 5.45. The lowest BCUT2D eigenvalue weighted by molar-refractivity contribution is 0.823. The predicted octanol–water partition coefficient (Wildman–Crippen LogP) is 3.17. The first-order chi connectivity index (χ1) is 9.70. The summed E-state index contributed by atoms with van der Waals surface area (Å²) in [5.74, 6) is 0.456. The Balaban J connectivity index is 1.92. The minimum absolute atomic E-state index is 0.165. The molecule has 3 rings (SSSR count). The lowest BCUT2D eigenvalue weighted by atomic mass is 10.2. The molecular formula is C13H10ClN5S. The maximum atomic E-state index is 5.95. The second-order valence-electron chi connectivity index (χ2n) is 4.07. The van der Waals surface area contributed by atoms with Gasteiger partial charge < -0.3 is 0 Å². The number of hydrogen-bond donors (Lipinski definition) is 0. The smallest absolute Gasteiger partial charge is 0.240 e. The Morgan fingerprint density at radius 2 is 1.90 bits per heavy atom. The Morgan fingerprint density at radius 1 is 1.10 bits per heavy atom. The van der Waals surface area contributed by atoms with Crippen LogP contribution in [0.15, 0.2) is 53.0 Å². The number of rotatable bonds is 3. The molecular weight excluding hydrogens is 294 g/mol. The minimum Gasteiger partial charge on any atom is -0.274 e. The molecule has 0 radical (unpaired) electrons. The molecule has 2 heterocycles. The SMILES string of the molecule is Cc1ccc(Sc2nc(Cl)nc(-n3ccnc3)n2)cc1. The Morgan fingerprint density at radius 3 is 2.60 bits per heavy atom. The maximum absolute atomic E-state index is 5.95. The van der Waals surface area contributed by atoms with Crippen LogP contribution in [0.4, 0.5) is 0 Å². The van der Waals surface area contributed by atoms with E-state index >= 15 is 0 Å². The highest BCUT2D eigenvalue weighted by molar-refractivity contribution is 7.99. The standard InChI is InChI=1S/C13H10ClN5S/c1-9-2-4-10(5-3-9)20-13-17-11(14)16-12(18-13)19-7-6-15-8-19/h2-8H,1H3. The summed E-state index contributed by atoms with van der Waals surface area (Å²) in [4.78, 5) is 17.6. The number of imidazole rings is 1. The van der Waals surface area contributed by atoms with E-state index in [-0.39, 0.29) is 5.28 Å². The monoisotopic (exact) mass is 303 g/mol. The quantitative estimate of drug-likeness (QED) is 0.744. The third-order valence-electron chi connectivity index (χ3n) is 2.54. The van der Waals surface area contributed by atoms with Gasteiger partial charge in [0.05, 0.1) is 0 Å². The highest BCUT2D eigenvalue weighted by Gasteiger charge is 2.08. The van der Waals surface area contributed by atoms with E-state index in [0.717, 1.165) is 4.90 Å². The van der Waals surface area contributed by atoms with Crippen LogP contribution < -0.4 is 0 Å². The van der Waals surface area contributed by atoms with Gasteiger partial charge in [0.15, 0.2) is 5.16 Å². The van der Waals surface area contributed by atoms with Gasteiger partial charge in [0.1, 0.15) is 6.33 Å². The molecule has 0 amide bonds. The molecule has 7 heteroatoms. The molecule has 0 spiro atoms. The van der Waals surface area contributed by atoms with E-state index in [1.165, 1.54) is 17.3 Å². The molecule has 5 nitrogen and oxygen atoms in total. The average molecular weight is 304 g/mol. The van der Waals surface area contributed by atoms with Gasteiger partial charge in [-0.15, -0.1) is 0 Å². The maximum Gasteiger partial charge on any atom is 0.240 e. The third-order valence-corrected chi connectivity index (χ3v) is 3.58. The van der Waals surface area contributed by atoms with Crippen molar-refractivity contribution >= 4 is 23.4 Å². The van der Waals surface area contributed by atoms with Crippen molar-refractivity contribution in [3.63, 3.8) is 0 Å². The zero-order valence-electron chi connectivity index (χ0n) is 10.6. The summed E-state index contributed by atoms with van der Waals surface area (Å²) in [7, 11) is 0. The molecule has 0 saturated carbocycles. The van der Waals surface area contributed by atoms with E-state index in [4.69, 9.17) is 11.6 Å². The van der Waals surface area contributed by atoms with Crippen molar-refractivity contribution in [2.75, 3.05) is 0 Å². The number of aryl methyl sites for hydroxylation is 1. The Labute approximate surface area is 125 Å². The van der Waals surface area contributed by atoms with E-state index in [2.05, 4.69) is 19.9 Å². The number of nitrogens with zero attached hydrogens (tertiary/aromatic N) is 5.